The minimum absolute atomic E-state index is 0.00174. The maximum atomic E-state index is 15.2. The van der Waals surface area contributed by atoms with Crippen LogP contribution in [-0.2, 0) is 59.1 Å². The van der Waals surface area contributed by atoms with Crippen molar-refractivity contribution in [3.63, 3.8) is 0 Å². The van der Waals surface area contributed by atoms with Crippen LogP contribution in [-0.4, -0.2) is 237 Å². The number of fused-ring (bicyclic) bond motifs is 1. The first-order valence-corrected chi connectivity index (χ1v) is 32.0. The molecule has 32 heteroatoms. The summed E-state index contributed by atoms with van der Waals surface area (Å²) in [5.74, 6) is -8.24. The number of carbonyl (C=O) groups excluding carboxylic acids is 9. The summed E-state index contributed by atoms with van der Waals surface area (Å²) in [5.41, 5.74) is 34.1. The highest BCUT2D eigenvalue weighted by Crippen LogP contribution is 2.41. The van der Waals surface area contributed by atoms with E-state index in [1.807, 2.05) is 6.92 Å². The molecule has 5 aliphatic rings. The summed E-state index contributed by atoms with van der Waals surface area (Å²) in [6.45, 7) is 0.484. The second kappa shape index (κ2) is 35.6. The van der Waals surface area contributed by atoms with Crippen molar-refractivity contribution in [2.24, 2.45) is 50.3 Å². The number of β-amino-alcohol motifs (C(OH)–C–C–N with tert-alkyl or cyclic N) is 1. The van der Waals surface area contributed by atoms with Gasteiger partial charge in [-0.25, -0.2) is 4.79 Å². The highest BCUT2D eigenvalue weighted by atomic mass is 16.5. The van der Waals surface area contributed by atoms with Gasteiger partial charge >= 0.3 is 5.97 Å². The Labute approximate surface area is 535 Å². The van der Waals surface area contributed by atoms with E-state index in [0.29, 0.717) is 44.1 Å². The second-order valence-electron chi connectivity index (χ2n) is 24.4. The quantitative estimate of drug-likeness (QED) is 0.0177. The van der Waals surface area contributed by atoms with E-state index in [0.717, 1.165) is 24.2 Å². The normalized spacial score (nSPS) is 23.4. The number of aliphatic carboxylic acids is 1. The van der Waals surface area contributed by atoms with E-state index in [4.69, 9.17) is 44.5 Å². The highest BCUT2D eigenvalue weighted by Gasteiger charge is 2.53. The molecule has 0 unspecified atom stereocenters. The number of amides is 9. The monoisotopic (exact) mass is 1290 g/mol. The third kappa shape index (κ3) is 20.6. The molecule has 5 fully saturated rings. The molecule has 1 aromatic carbocycles. The topological polar surface area (TPSA) is 518 Å². The van der Waals surface area contributed by atoms with Crippen LogP contribution in [0.3, 0.4) is 0 Å². The lowest BCUT2D eigenvalue weighted by atomic mass is 9.84. The van der Waals surface area contributed by atoms with Gasteiger partial charge in [0.05, 0.1) is 37.2 Å². The van der Waals surface area contributed by atoms with Gasteiger partial charge in [0.15, 0.2) is 11.9 Å². The van der Waals surface area contributed by atoms with Gasteiger partial charge in [-0.05, 0) is 88.5 Å². The van der Waals surface area contributed by atoms with E-state index in [-0.39, 0.29) is 127 Å². The molecule has 92 heavy (non-hydrogen) atoms. The Morgan fingerprint density at radius 1 is 0.674 bits per heavy atom. The van der Waals surface area contributed by atoms with Crippen molar-refractivity contribution >= 4 is 76.9 Å². The average Bonchev–Trinajstić information content (AvgIpc) is 1.65. The number of aliphatic hydroxyl groups excluding tert-OH is 2. The third-order valence-corrected chi connectivity index (χ3v) is 17.5. The summed E-state index contributed by atoms with van der Waals surface area (Å²) in [5, 5.41) is 52.3. The molecule has 510 valence electrons. The van der Waals surface area contributed by atoms with Gasteiger partial charge < -0.3 is 101 Å². The number of nitrogens with one attached hydrogen (secondary N) is 6. The Morgan fingerprint density at radius 2 is 1.34 bits per heavy atom. The fraction of sp³-hybridized carbons (Fsp3) is 0.683. The van der Waals surface area contributed by atoms with E-state index >= 15 is 4.79 Å². The minimum Gasteiger partial charge on any atom is -0.480 e. The predicted octanol–water partition coefficient (Wildman–Crippen LogP) is -4.20. The number of likely N-dealkylation sites (tertiary alicyclic amines) is 4. The zero-order valence-corrected chi connectivity index (χ0v) is 52.5. The summed E-state index contributed by atoms with van der Waals surface area (Å²) in [6, 6.07) is -3.12. The summed E-state index contributed by atoms with van der Waals surface area (Å²) in [7, 11) is 0. The predicted molar refractivity (Wildman–Crippen MR) is 336 cm³/mol. The Morgan fingerprint density at radius 3 is 1.99 bits per heavy atom. The molecule has 0 radical (unpaired) electrons. The number of carboxylic acids is 1. The fourth-order valence-electron chi connectivity index (χ4n) is 13.0. The molecule has 1 saturated carbocycles. The maximum Gasteiger partial charge on any atom is 0.326 e. The zero-order chi connectivity index (χ0) is 67.2. The van der Waals surface area contributed by atoms with Gasteiger partial charge in [0, 0.05) is 71.1 Å². The molecule has 13 atom stereocenters. The zero-order valence-electron chi connectivity index (χ0n) is 52.5. The van der Waals surface area contributed by atoms with E-state index in [9.17, 15) is 58.5 Å². The van der Waals surface area contributed by atoms with E-state index in [1.165, 1.54) is 14.7 Å². The van der Waals surface area contributed by atoms with Crippen molar-refractivity contribution in [2.75, 3.05) is 52.5 Å². The standard InChI is InChI=1S/C60H96N18O14/c1-2-25-92-37-29-47(57(89)78-43-19-8-6-15-35(43)27-46(78)53(85)73-40(58(90)91)18-11-23-69-60(66)67)77(32-37)55(87)42(33-79)74-51(83)41(26-34-13-4-3-5-14-34)71-49(81)30-70-52(84)45-28-36(80)31-76(45)56(88)44-20-12-24-75(44)54(86)39(17-10-22-68-59(64)65)72-50(82)38(61)16-7-9-21-48(62)63/h3-5,13-14,35-47,79-80H,2,6-12,15-33,61H2,1H3,(H3,62,63)(H,70,84)(H,71,81)(H,72,82)(H,73,85)(H,74,83)(H,90,91)(H4,64,65,68)(H4,66,67,69)/t35-,36+,37-,38+,39-,40-,41-,42-,43-,44-,45-,46-,47+/m0/s1. The number of nitrogens with two attached hydrogens (primary N) is 6. The van der Waals surface area contributed by atoms with Crippen LogP contribution in [0, 0.1) is 11.3 Å². The van der Waals surface area contributed by atoms with Crippen LogP contribution < -0.4 is 61.0 Å². The number of unbranched alkanes of at least 4 members (excludes halogenated alkanes) is 1. The molecular formula is C60H96N18O14. The number of amidine groups is 1. The first-order valence-electron chi connectivity index (χ1n) is 32.0. The molecule has 1 aromatic rings. The summed E-state index contributed by atoms with van der Waals surface area (Å²) < 4.78 is 6.09. The number of aliphatic hydroxyl groups is 2. The molecule has 0 spiro atoms. The van der Waals surface area contributed by atoms with E-state index < -0.39 is 145 Å². The van der Waals surface area contributed by atoms with Gasteiger partial charge in [-0.3, -0.25) is 58.5 Å². The Hall–Kier alpha value is -8.23. The van der Waals surface area contributed by atoms with Crippen LogP contribution in [0.25, 0.3) is 0 Å². The van der Waals surface area contributed by atoms with Crippen molar-refractivity contribution in [1.29, 1.82) is 5.41 Å². The summed E-state index contributed by atoms with van der Waals surface area (Å²) in [4.78, 5) is 154. The number of carboxylic acid groups (broad SMARTS) is 1. The maximum absolute atomic E-state index is 15.2. The SMILES string of the molecule is CCCO[C@H]1C[C@H](C(=O)N2[C@H](C(=O)N[C@@H](CCCN=C(N)N)C(=O)O)C[C@@H]3CCCC[C@@H]32)N(C(=O)[C@H](CO)NC(=O)[C@H](Cc2ccccc2)NC(=O)CNC(=O)[C@@H]2C[C@@H](O)CN2C(=O)[C@@H]2CCCN2C(=O)[C@H](CCCN=C(N)N)NC(=O)[C@H](N)CCCCC(=N)N)C1. The van der Waals surface area contributed by atoms with Crippen LogP contribution in [0.5, 0.6) is 0 Å². The second-order valence-corrected chi connectivity index (χ2v) is 24.4. The highest BCUT2D eigenvalue weighted by molar-refractivity contribution is 5.99. The van der Waals surface area contributed by atoms with Crippen molar-refractivity contribution in [3.8, 4) is 0 Å². The minimum atomic E-state index is -1.67. The molecular weight excluding hydrogens is 1200 g/mol. The first kappa shape index (κ1) is 72.8. The lowest BCUT2D eigenvalue weighted by molar-refractivity contribution is -0.151. The number of aliphatic imine (C=N–C) groups is 2. The molecule has 0 aromatic heterocycles. The van der Waals surface area contributed by atoms with Gasteiger partial charge in [0.25, 0.3) is 0 Å². The number of carbonyl (C=O) groups is 10. The molecule has 4 saturated heterocycles. The van der Waals surface area contributed by atoms with Gasteiger partial charge in [-0.15, -0.1) is 0 Å². The largest absolute Gasteiger partial charge is 0.480 e. The van der Waals surface area contributed by atoms with Crippen molar-refractivity contribution in [3.05, 3.63) is 35.9 Å². The number of hydrogen-bond donors (Lipinski definition) is 15. The fourth-order valence-corrected chi connectivity index (χ4v) is 13.0. The Kier molecular flexibility index (Phi) is 28.1. The molecule has 4 aliphatic heterocycles. The number of guanidine groups is 2. The molecule has 1 aliphatic carbocycles. The molecule has 32 nitrogen and oxygen atoms in total. The van der Waals surface area contributed by atoms with E-state index in [1.54, 1.807) is 30.3 Å². The number of ether oxygens (including phenoxy) is 1. The van der Waals surface area contributed by atoms with Gasteiger partial charge in [0.1, 0.15) is 48.3 Å². The summed E-state index contributed by atoms with van der Waals surface area (Å²) in [6.07, 6.45) is 4.39. The van der Waals surface area contributed by atoms with Crippen LogP contribution in [0.4, 0.5) is 0 Å². The number of benzene rings is 1. The smallest absolute Gasteiger partial charge is 0.326 e. The van der Waals surface area contributed by atoms with Crippen LogP contribution in [0.2, 0.25) is 0 Å². The lowest BCUT2D eigenvalue weighted by Crippen LogP contribution is -2.60. The third-order valence-electron chi connectivity index (χ3n) is 17.5. The van der Waals surface area contributed by atoms with Gasteiger partial charge in [-0.1, -0.05) is 56.5 Å². The Bertz CT molecular complexity index is 2810. The Balaban J connectivity index is 1.13. The van der Waals surface area contributed by atoms with Crippen molar-refractivity contribution < 1.29 is 68.0 Å². The van der Waals surface area contributed by atoms with Crippen LogP contribution >= 0.6 is 0 Å². The van der Waals surface area contributed by atoms with Gasteiger partial charge in [-0.2, -0.15) is 0 Å². The first-order chi connectivity index (χ1) is 43.9. The molecule has 0 bridgehead atoms. The molecule has 21 N–H and O–H groups in total. The molecule has 9 amide bonds. The summed E-state index contributed by atoms with van der Waals surface area (Å²) >= 11 is 0. The van der Waals surface area contributed by atoms with E-state index in [2.05, 4.69) is 36.6 Å². The molecule has 6 rings (SSSR count). The molecule has 4 heterocycles. The van der Waals surface area contributed by atoms with Gasteiger partial charge in [0.2, 0.25) is 53.2 Å². The number of rotatable bonds is 34. The number of hydrogen-bond acceptors (Lipinski definition) is 17. The average molecular weight is 1290 g/mol. The number of nitrogens with zero attached hydrogens (tertiary/aromatic N) is 6. The van der Waals surface area contributed by atoms with Crippen LogP contribution in [0.1, 0.15) is 128 Å². The van der Waals surface area contributed by atoms with Crippen LogP contribution in [0.15, 0.2) is 40.3 Å². The van der Waals surface area contributed by atoms with Crippen molar-refractivity contribution in [2.45, 2.75) is 202 Å². The lowest BCUT2D eigenvalue weighted by Gasteiger charge is -2.37. The van der Waals surface area contributed by atoms with Crippen molar-refractivity contribution in [1.82, 2.24) is 46.2 Å².